The van der Waals surface area contributed by atoms with Crippen molar-refractivity contribution in [2.45, 2.75) is 52.2 Å². The molecule has 138 valence electrons. The molecule has 0 bridgehead atoms. The number of nitrogens with zero attached hydrogens (tertiary/aromatic N) is 5. The number of likely N-dealkylation sites (tertiary alicyclic amines) is 1. The molecule has 1 saturated heterocycles. The van der Waals surface area contributed by atoms with Crippen molar-refractivity contribution in [3.05, 3.63) is 41.7 Å². The van der Waals surface area contributed by atoms with E-state index in [-0.39, 0.29) is 23.9 Å². The van der Waals surface area contributed by atoms with Crippen LogP contribution in [0.1, 0.15) is 67.7 Å². The molecule has 0 aliphatic carbocycles. The Labute approximate surface area is 152 Å². The molecule has 1 aliphatic rings. The van der Waals surface area contributed by atoms with Crippen molar-refractivity contribution in [1.82, 2.24) is 30.0 Å². The Morgan fingerprint density at radius 1 is 1.31 bits per heavy atom. The lowest BCUT2D eigenvalue weighted by molar-refractivity contribution is -0.119. The number of hydrogen-bond acceptors (Lipinski definition) is 5. The molecule has 1 aliphatic heterocycles. The predicted octanol–water partition coefficient (Wildman–Crippen LogP) is 1.87. The molecular weight excluding hydrogens is 332 g/mol. The number of amides is 2. The molecule has 1 fully saturated rings. The maximum absolute atomic E-state index is 13.1. The minimum absolute atomic E-state index is 0.0467. The SMILES string of the molecule is CC(=O)NCc1ccnc(C2CCCN2C(=O)c2ccnn2C(C)C)n1. The number of carbonyl (C=O) groups excluding carboxylic acids is 2. The summed E-state index contributed by atoms with van der Waals surface area (Å²) in [7, 11) is 0. The number of nitrogens with one attached hydrogen (secondary N) is 1. The first-order chi connectivity index (χ1) is 12.5. The minimum Gasteiger partial charge on any atom is -0.351 e. The van der Waals surface area contributed by atoms with Gasteiger partial charge in [0.15, 0.2) is 5.82 Å². The van der Waals surface area contributed by atoms with Gasteiger partial charge in [-0.15, -0.1) is 0 Å². The number of carbonyl (C=O) groups is 2. The second-order valence-electron chi connectivity index (χ2n) is 6.73. The highest BCUT2D eigenvalue weighted by molar-refractivity contribution is 5.93. The highest BCUT2D eigenvalue weighted by Gasteiger charge is 2.34. The van der Waals surface area contributed by atoms with Crippen LogP contribution in [-0.4, -0.2) is 43.0 Å². The van der Waals surface area contributed by atoms with Gasteiger partial charge >= 0.3 is 0 Å². The molecule has 2 aromatic heterocycles. The van der Waals surface area contributed by atoms with Crippen molar-refractivity contribution in [1.29, 1.82) is 0 Å². The average molecular weight is 356 g/mol. The third kappa shape index (κ3) is 3.74. The first-order valence-corrected chi connectivity index (χ1v) is 8.88. The van der Waals surface area contributed by atoms with E-state index in [1.54, 1.807) is 29.2 Å². The van der Waals surface area contributed by atoms with Crippen LogP contribution in [0.15, 0.2) is 24.5 Å². The summed E-state index contributed by atoms with van der Waals surface area (Å²) >= 11 is 0. The molecule has 2 aromatic rings. The van der Waals surface area contributed by atoms with Crippen molar-refractivity contribution >= 4 is 11.8 Å². The molecule has 0 aromatic carbocycles. The summed E-state index contributed by atoms with van der Waals surface area (Å²) in [5.41, 5.74) is 1.32. The van der Waals surface area contributed by atoms with Gasteiger partial charge in [-0.2, -0.15) is 5.10 Å². The van der Waals surface area contributed by atoms with Crippen molar-refractivity contribution in [2.24, 2.45) is 0 Å². The molecule has 0 radical (unpaired) electrons. The van der Waals surface area contributed by atoms with E-state index in [0.29, 0.717) is 24.6 Å². The van der Waals surface area contributed by atoms with Crippen LogP contribution >= 0.6 is 0 Å². The lowest BCUT2D eigenvalue weighted by atomic mass is 10.2. The van der Waals surface area contributed by atoms with Crippen LogP contribution in [0.25, 0.3) is 0 Å². The van der Waals surface area contributed by atoms with Gasteiger partial charge in [0.25, 0.3) is 5.91 Å². The van der Waals surface area contributed by atoms with Crippen molar-refractivity contribution in [3.63, 3.8) is 0 Å². The first kappa shape index (κ1) is 18.0. The molecule has 3 heterocycles. The van der Waals surface area contributed by atoms with E-state index in [2.05, 4.69) is 20.4 Å². The summed E-state index contributed by atoms with van der Waals surface area (Å²) in [5.74, 6) is 0.466. The van der Waals surface area contributed by atoms with Crippen molar-refractivity contribution in [3.8, 4) is 0 Å². The zero-order valence-corrected chi connectivity index (χ0v) is 15.3. The Morgan fingerprint density at radius 2 is 2.12 bits per heavy atom. The fourth-order valence-corrected chi connectivity index (χ4v) is 3.21. The van der Waals surface area contributed by atoms with Gasteiger partial charge in [0.2, 0.25) is 5.91 Å². The molecule has 1 atom stereocenters. The Kier molecular flexibility index (Phi) is 5.29. The summed E-state index contributed by atoms with van der Waals surface area (Å²) in [5, 5.41) is 6.99. The number of hydrogen-bond donors (Lipinski definition) is 1. The van der Waals surface area contributed by atoms with Gasteiger partial charge in [0, 0.05) is 31.9 Å². The fraction of sp³-hybridized carbons (Fsp3) is 0.500. The van der Waals surface area contributed by atoms with E-state index < -0.39 is 0 Å². The molecular formula is C18H24N6O2. The second kappa shape index (κ2) is 7.63. The fourth-order valence-electron chi connectivity index (χ4n) is 3.21. The molecule has 3 rings (SSSR count). The van der Waals surface area contributed by atoms with E-state index in [1.807, 2.05) is 18.7 Å². The van der Waals surface area contributed by atoms with Crippen LogP contribution < -0.4 is 5.32 Å². The van der Waals surface area contributed by atoms with Gasteiger partial charge < -0.3 is 10.2 Å². The van der Waals surface area contributed by atoms with Gasteiger partial charge in [-0.25, -0.2) is 9.97 Å². The Bertz CT molecular complexity index is 800. The van der Waals surface area contributed by atoms with Crippen LogP contribution in [0.3, 0.4) is 0 Å². The molecule has 0 spiro atoms. The van der Waals surface area contributed by atoms with Crippen LogP contribution in [0.2, 0.25) is 0 Å². The van der Waals surface area contributed by atoms with Gasteiger partial charge in [0.05, 0.1) is 18.3 Å². The Hall–Kier alpha value is -2.77. The molecule has 0 saturated carbocycles. The van der Waals surface area contributed by atoms with E-state index in [1.165, 1.54) is 6.92 Å². The molecule has 26 heavy (non-hydrogen) atoms. The molecule has 8 nitrogen and oxygen atoms in total. The maximum atomic E-state index is 13.1. The third-order valence-electron chi connectivity index (χ3n) is 4.44. The van der Waals surface area contributed by atoms with Gasteiger partial charge in [-0.3, -0.25) is 14.3 Å². The zero-order chi connectivity index (χ0) is 18.7. The van der Waals surface area contributed by atoms with Crippen molar-refractivity contribution < 1.29 is 9.59 Å². The maximum Gasteiger partial charge on any atom is 0.272 e. The van der Waals surface area contributed by atoms with E-state index in [9.17, 15) is 9.59 Å². The highest BCUT2D eigenvalue weighted by atomic mass is 16.2. The second-order valence-corrected chi connectivity index (χ2v) is 6.73. The number of rotatable bonds is 5. The van der Waals surface area contributed by atoms with Crippen molar-refractivity contribution in [2.75, 3.05) is 6.54 Å². The standard InChI is InChI=1S/C18H24N6O2/c1-12(2)24-16(7-9-21-24)18(26)23-10-4-5-15(23)17-19-8-6-14(22-17)11-20-13(3)25/h6-9,12,15H,4-5,10-11H2,1-3H3,(H,20,25). The zero-order valence-electron chi connectivity index (χ0n) is 15.3. The topological polar surface area (TPSA) is 93.0 Å². The predicted molar refractivity (Wildman–Crippen MR) is 95.2 cm³/mol. The monoisotopic (exact) mass is 356 g/mol. The van der Waals surface area contributed by atoms with Crippen LogP contribution in [0, 0.1) is 0 Å². The molecule has 8 heteroatoms. The van der Waals surface area contributed by atoms with E-state index in [4.69, 9.17) is 0 Å². The molecule has 1 N–H and O–H groups in total. The van der Waals surface area contributed by atoms with Gasteiger partial charge in [0.1, 0.15) is 5.69 Å². The van der Waals surface area contributed by atoms with E-state index >= 15 is 0 Å². The summed E-state index contributed by atoms with van der Waals surface area (Å²) in [6.07, 6.45) is 5.07. The molecule has 2 amide bonds. The summed E-state index contributed by atoms with van der Waals surface area (Å²) in [6, 6.07) is 3.48. The molecule has 1 unspecified atom stereocenters. The number of aromatic nitrogens is 4. The third-order valence-corrected chi connectivity index (χ3v) is 4.44. The van der Waals surface area contributed by atoms with Crippen LogP contribution in [0.4, 0.5) is 0 Å². The highest BCUT2D eigenvalue weighted by Crippen LogP contribution is 2.31. The smallest absolute Gasteiger partial charge is 0.272 e. The minimum atomic E-state index is -0.157. The van der Waals surface area contributed by atoms with Crippen LogP contribution in [-0.2, 0) is 11.3 Å². The summed E-state index contributed by atoms with van der Waals surface area (Å²) < 4.78 is 1.74. The largest absolute Gasteiger partial charge is 0.351 e. The lowest BCUT2D eigenvalue weighted by Crippen LogP contribution is -2.33. The summed E-state index contributed by atoms with van der Waals surface area (Å²) in [6.45, 7) is 6.49. The Morgan fingerprint density at radius 3 is 2.85 bits per heavy atom. The normalized spacial score (nSPS) is 16.9. The Balaban J connectivity index is 1.82. The first-order valence-electron chi connectivity index (χ1n) is 8.88. The van der Waals surface area contributed by atoms with Gasteiger partial charge in [-0.05, 0) is 38.8 Å². The van der Waals surface area contributed by atoms with Gasteiger partial charge in [-0.1, -0.05) is 0 Å². The van der Waals surface area contributed by atoms with Crippen LogP contribution in [0.5, 0.6) is 0 Å². The average Bonchev–Trinajstić information content (AvgIpc) is 3.29. The lowest BCUT2D eigenvalue weighted by Gasteiger charge is -2.24. The summed E-state index contributed by atoms with van der Waals surface area (Å²) in [4.78, 5) is 34.9. The quantitative estimate of drug-likeness (QED) is 0.883. The van der Waals surface area contributed by atoms with E-state index in [0.717, 1.165) is 18.5 Å².